The van der Waals surface area contributed by atoms with Gasteiger partial charge in [0.1, 0.15) is 0 Å². The van der Waals surface area contributed by atoms with Crippen LogP contribution in [0.5, 0.6) is 0 Å². The normalized spacial score (nSPS) is 12.5. The maximum absolute atomic E-state index is 11.7. The van der Waals surface area contributed by atoms with E-state index < -0.39 is 0 Å². The SMILES string of the molecule is CCCCCNC(=O)C(C)N(C)CC(N)=S. The Hall–Kier alpha value is -0.680. The van der Waals surface area contributed by atoms with Gasteiger partial charge in [0, 0.05) is 13.1 Å². The van der Waals surface area contributed by atoms with Crippen molar-refractivity contribution >= 4 is 23.1 Å². The Kier molecular flexibility index (Phi) is 8.11. The lowest BCUT2D eigenvalue weighted by atomic mass is 10.2. The number of nitrogens with zero attached hydrogens (tertiary/aromatic N) is 1. The highest BCUT2D eigenvalue weighted by Gasteiger charge is 2.17. The van der Waals surface area contributed by atoms with Crippen molar-refractivity contribution in [2.24, 2.45) is 5.73 Å². The molecule has 0 radical (unpaired) electrons. The smallest absolute Gasteiger partial charge is 0.237 e. The summed E-state index contributed by atoms with van der Waals surface area (Å²) in [6, 6.07) is -0.192. The first-order chi connectivity index (χ1) is 7.49. The molecule has 94 valence electrons. The van der Waals surface area contributed by atoms with Crippen molar-refractivity contribution in [3.8, 4) is 0 Å². The lowest BCUT2D eigenvalue weighted by molar-refractivity contribution is -0.125. The molecule has 0 spiro atoms. The van der Waals surface area contributed by atoms with E-state index in [1.165, 1.54) is 0 Å². The largest absolute Gasteiger partial charge is 0.392 e. The number of nitrogens with two attached hydrogens (primary N) is 1. The predicted molar refractivity (Wildman–Crippen MR) is 71.4 cm³/mol. The van der Waals surface area contributed by atoms with E-state index in [0.717, 1.165) is 25.8 Å². The molecule has 0 bridgehead atoms. The molecule has 0 saturated heterocycles. The molecule has 0 saturated carbocycles. The molecule has 0 rings (SSSR count). The van der Waals surface area contributed by atoms with Crippen LogP contribution in [0.25, 0.3) is 0 Å². The Morgan fingerprint density at radius 1 is 1.50 bits per heavy atom. The van der Waals surface area contributed by atoms with Crippen molar-refractivity contribution in [1.29, 1.82) is 0 Å². The van der Waals surface area contributed by atoms with Gasteiger partial charge in [0.15, 0.2) is 0 Å². The minimum absolute atomic E-state index is 0.0369. The van der Waals surface area contributed by atoms with Crippen LogP contribution in [0.1, 0.15) is 33.1 Å². The average molecular weight is 245 g/mol. The van der Waals surface area contributed by atoms with E-state index in [9.17, 15) is 4.79 Å². The molecule has 16 heavy (non-hydrogen) atoms. The summed E-state index contributed by atoms with van der Waals surface area (Å²) in [5.41, 5.74) is 5.43. The molecule has 0 aliphatic heterocycles. The van der Waals surface area contributed by atoms with Gasteiger partial charge >= 0.3 is 0 Å². The minimum atomic E-state index is -0.192. The van der Waals surface area contributed by atoms with Gasteiger partial charge in [-0.25, -0.2) is 0 Å². The molecule has 0 aromatic heterocycles. The van der Waals surface area contributed by atoms with Crippen molar-refractivity contribution in [2.75, 3.05) is 20.1 Å². The summed E-state index contributed by atoms with van der Waals surface area (Å²) in [5.74, 6) is 0.0369. The standard InChI is InChI=1S/C11H23N3OS/c1-4-5-6-7-13-11(15)9(2)14(3)8-10(12)16/h9H,4-8H2,1-3H3,(H2,12,16)(H,13,15). The molecular formula is C11H23N3OS. The second-order valence-corrected chi connectivity index (χ2v) is 4.58. The molecule has 3 N–H and O–H groups in total. The number of hydrogen-bond donors (Lipinski definition) is 2. The molecule has 4 nitrogen and oxygen atoms in total. The fourth-order valence-corrected chi connectivity index (χ4v) is 1.52. The molecule has 0 fully saturated rings. The van der Waals surface area contributed by atoms with E-state index in [4.69, 9.17) is 18.0 Å². The summed E-state index contributed by atoms with van der Waals surface area (Å²) in [7, 11) is 1.84. The second kappa shape index (κ2) is 8.47. The Balaban J connectivity index is 3.84. The van der Waals surface area contributed by atoms with E-state index in [1.807, 2.05) is 18.9 Å². The van der Waals surface area contributed by atoms with E-state index in [1.54, 1.807) is 0 Å². The van der Waals surface area contributed by atoms with Gasteiger partial charge in [0.25, 0.3) is 0 Å². The van der Waals surface area contributed by atoms with Crippen molar-refractivity contribution in [3.63, 3.8) is 0 Å². The zero-order valence-electron chi connectivity index (χ0n) is 10.5. The summed E-state index contributed by atoms with van der Waals surface area (Å²) < 4.78 is 0. The lowest BCUT2D eigenvalue weighted by Gasteiger charge is -2.23. The summed E-state index contributed by atoms with van der Waals surface area (Å²) in [6.45, 7) is 5.21. The molecule has 1 atom stereocenters. The zero-order chi connectivity index (χ0) is 12.6. The van der Waals surface area contributed by atoms with Crippen LogP contribution in [-0.2, 0) is 4.79 Å². The van der Waals surface area contributed by atoms with Gasteiger partial charge in [-0.3, -0.25) is 9.69 Å². The maximum atomic E-state index is 11.7. The maximum Gasteiger partial charge on any atom is 0.237 e. The van der Waals surface area contributed by atoms with Crippen LogP contribution in [0.15, 0.2) is 0 Å². The van der Waals surface area contributed by atoms with Gasteiger partial charge in [-0.2, -0.15) is 0 Å². The van der Waals surface area contributed by atoms with Gasteiger partial charge in [-0.15, -0.1) is 0 Å². The van der Waals surface area contributed by atoms with Crippen molar-refractivity contribution < 1.29 is 4.79 Å². The Morgan fingerprint density at radius 3 is 2.62 bits per heavy atom. The number of rotatable bonds is 8. The number of unbranched alkanes of at least 4 members (excludes halogenated alkanes) is 2. The summed E-state index contributed by atoms with van der Waals surface area (Å²) in [5, 5.41) is 2.91. The molecule has 0 aliphatic carbocycles. The quantitative estimate of drug-likeness (QED) is 0.493. The average Bonchev–Trinajstić information content (AvgIpc) is 2.22. The molecule has 0 heterocycles. The number of likely N-dealkylation sites (N-methyl/N-ethyl adjacent to an activating group) is 1. The molecule has 0 aromatic carbocycles. The summed E-state index contributed by atoms with van der Waals surface area (Å²) in [6.07, 6.45) is 3.35. The van der Waals surface area contributed by atoms with Crippen LogP contribution >= 0.6 is 12.2 Å². The summed E-state index contributed by atoms with van der Waals surface area (Å²) >= 11 is 4.80. The fourth-order valence-electron chi connectivity index (χ4n) is 1.32. The van der Waals surface area contributed by atoms with Crippen molar-refractivity contribution in [2.45, 2.75) is 39.2 Å². The number of amides is 1. The molecule has 5 heteroatoms. The number of nitrogens with one attached hydrogen (secondary N) is 1. The monoisotopic (exact) mass is 245 g/mol. The second-order valence-electron chi connectivity index (χ2n) is 4.06. The van der Waals surface area contributed by atoms with Crippen molar-refractivity contribution in [1.82, 2.24) is 10.2 Å². The highest BCUT2D eigenvalue weighted by molar-refractivity contribution is 7.80. The lowest BCUT2D eigenvalue weighted by Crippen LogP contribution is -2.46. The number of thiocarbonyl (C=S) groups is 1. The van der Waals surface area contributed by atoms with Gasteiger partial charge < -0.3 is 11.1 Å². The van der Waals surface area contributed by atoms with E-state index in [-0.39, 0.29) is 11.9 Å². The summed E-state index contributed by atoms with van der Waals surface area (Å²) in [4.78, 5) is 13.9. The number of carbonyl (C=O) groups is 1. The van der Waals surface area contributed by atoms with Crippen molar-refractivity contribution in [3.05, 3.63) is 0 Å². The minimum Gasteiger partial charge on any atom is -0.392 e. The van der Waals surface area contributed by atoms with Gasteiger partial charge in [-0.05, 0) is 20.4 Å². The van der Waals surface area contributed by atoms with Crippen LogP contribution in [-0.4, -0.2) is 42.0 Å². The Morgan fingerprint density at radius 2 is 2.12 bits per heavy atom. The van der Waals surface area contributed by atoms with Gasteiger partial charge in [0.05, 0.1) is 11.0 Å². The van der Waals surface area contributed by atoms with Gasteiger partial charge in [0.2, 0.25) is 5.91 Å². The van der Waals surface area contributed by atoms with Crippen LogP contribution in [0.3, 0.4) is 0 Å². The predicted octanol–water partition coefficient (Wildman–Crippen LogP) is 0.899. The van der Waals surface area contributed by atoms with Crippen LogP contribution < -0.4 is 11.1 Å². The Labute approximate surface area is 104 Å². The first-order valence-corrected chi connectivity index (χ1v) is 6.16. The van der Waals surface area contributed by atoms with Crippen LogP contribution in [0.4, 0.5) is 0 Å². The zero-order valence-corrected chi connectivity index (χ0v) is 11.3. The molecule has 0 aliphatic rings. The Bertz CT molecular complexity index is 233. The number of hydrogen-bond acceptors (Lipinski definition) is 3. The highest BCUT2D eigenvalue weighted by atomic mass is 32.1. The third-order valence-corrected chi connectivity index (χ3v) is 2.65. The van der Waals surface area contributed by atoms with Crippen LogP contribution in [0, 0.1) is 0 Å². The molecule has 1 unspecified atom stereocenters. The van der Waals surface area contributed by atoms with E-state index in [0.29, 0.717) is 11.5 Å². The van der Waals surface area contributed by atoms with Gasteiger partial charge in [-0.1, -0.05) is 32.0 Å². The highest BCUT2D eigenvalue weighted by Crippen LogP contribution is 1.96. The molecule has 0 aromatic rings. The third kappa shape index (κ3) is 6.74. The number of carbonyl (C=O) groups excluding carboxylic acids is 1. The molecular weight excluding hydrogens is 222 g/mol. The first kappa shape index (κ1) is 15.3. The first-order valence-electron chi connectivity index (χ1n) is 5.75. The molecule has 1 amide bonds. The van der Waals surface area contributed by atoms with E-state index in [2.05, 4.69) is 12.2 Å². The van der Waals surface area contributed by atoms with E-state index >= 15 is 0 Å². The fraction of sp³-hybridized carbons (Fsp3) is 0.818. The third-order valence-electron chi connectivity index (χ3n) is 2.53. The van der Waals surface area contributed by atoms with Crippen LogP contribution in [0.2, 0.25) is 0 Å². The topological polar surface area (TPSA) is 58.4 Å².